The van der Waals surface area contributed by atoms with Crippen molar-refractivity contribution in [1.82, 2.24) is 5.32 Å². The minimum Gasteiger partial charge on any atom is -0.313 e. The first kappa shape index (κ1) is 14.4. The van der Waals surface area contributed by atoms with E-state index < -0.39 is 11.6 Å². The van der Waals surface area contributed by atoms with Crippen molar-refractivity contribution < 1.29 is 8.78 Å². The van der Waals surface area contributed by atoms with E-state index in [0.717, 1.165) is 15.2 Å². The Kier molecular flexibility index (Phi) is 4.87. The number of nitrogens with one attached hydrogen (secondary N) is 1. The van der Waals surface area contributed by atoms with E-state index >= 15 is 0 Å². The monoisotopic (exact) mass is 373 g/mol. The van der Waals surface area contributed by atoms with Gasteiger partial charge in [0.15, 0.2) is 0 Å². The zero-order valence-corrected chi connectivity index (χ0v) is 12.6. The molecule has 0 spiro atoms. The average Bonchev–Trinajstić information content (AvgIpc) is 2.36. The van der Waals surface area contributed by atoms with Crippen molar-refractivity contribution in [2.75, 3.05) is 7.05 Å². The summed E-state index contributed by atoms with van der Waals surface area (Å²) < 4.78 is 27.5. The molecule has 0 saturated heterocycles. The second-order valence-electron chi connectivity index (χ2n) is 4.37. The molecule has 2 aromatic rings. The Hall–Kier alpha value is -1.01. The summed E-state index contributed by atoms with van der Waals surface area (Å²) >= 11 is 2.24. The molecule has 2 aromatic carbocycles. The molecule has 1 N–H and O–H groups in total. The van der Waals surface area contributed by atoms with Crippen LogP contribution in [-0.2, 0) is 6.42 Å². The molecule has 0 aliphatic heterocycles. The molecule has 1 unspecified atom stereocenters. The van der Waals surface area contributed by atoms with Crippen LogP contribution in [0.15, 0.2) is 42.5 Å². The number of likely N-dealkylation sites (N-methyl/N-ethyl adjacent to an activating group) is 1. The highest BCUT2D eigenvalue weighted by Gasteiger charge is 2.11. The van der Waals surface area contributed by atoms with Crippen LogP contribution in [0.3, 0.4) is 0 Å². The van der Waals surface area contributed by atoms with E-state index in [2.05, 4.69) is 27.9 Å². The third-order valence-electron chi connectivity index (χ3n) is 2.98. The molecular formula is C15H14F2IN. The first-order chi connectivity index (χ1) is 9.08. The summed E-state index contributed by atoms with van der Waals surface area (Å²) in [6.07, 6.45) is 0.547. The fourth-order valence-corrected chi connectivity index (χ4v) is 2.41. The van der Waals surface area contributed by atoms with Gasteiger partial charge in [0.05, 0.1) is 0 Å². The third kappa shape index (κ3) is 3.98. The molecule has 100 valence electrons. The van der Waals surface area contributed by atoms with Crippen LogP contribution in [0.1, 0.15) is 17.2 Å². The van der Waals surface area contributed by atoms with Crippen LogP contribution in [-0.4, -0.2) is 7.05 Å². The maximum atomic E-state index is 13.2. The van der Waals surface area contributed by atoms with E-state index in [9.17, 15) is 8.78 Å². The van der Waals surface area contributed by atoms with E-state index in [1.165, 1.54) is 12.1 Å². The van der Waals surface area contributed by atoms with Crippen LogP contribution in [0.2, 0.25) is 0 Å². The van der Waals surface area contributed by atoms with Gasteiger partial charge in [-0.1, -0.05) is 12.1 Å². The Bertz CT molecular complexity index is 534. The van der Waals surface area contributed by atoms with Gasteiger partial charge in [-0.25, -0.2) is 8.78 Å². The number of hydrogen-bond donors (Lipinski definition) is 1. The van der Waals surface area contributed by atoms with Gasteiger partial charge in [0, 0.05) is 15.7 Å². The molecule has 1 nitrogen and oxygen atoms in total. The highest BCUT2D eigenvalue weighted by molar-refractivity contribution is 14.1. The zero-order valence-electron chi connectivity index (χ0n) is 10.5. The standard InChI is InChI=1S/C15H14F2IN/c1-19-15(11-2-4-14(18)5-3-11)8-10-6-12(16)9-13(17)7-10/h2-7,9,15,19H,8H2,1H3. The maximum absolute atomic E-state index is 13.2. The van der Waals surface area contributed by atoms with Crippen LogP contribution in [0.25, 0.3) is 0 Å². The lowest BCUT2D eigenvalue weighted by molar-refractivity contribution is 0.562. The van der Waals surface area contributed by atoms with Crippen molar-refractivity contribution in [2.45, 2.75) is 12.5 Å². The van der Waals surface area contributed by atoms with Gasteiger partial charge in [0.1, 0.15) is 11.6 Å². The van der Waals surface area contributed by atoms with Gasteiger partial charge in [-0.05, 0) is 71.5 Å². The molecule has 19 heavy (non-hydrogen) atoms. The lowest BCUT2D eigenvalue weighted by Gasteiger charge is -2.17. The van der Waals surface area contributed by atoms with Gasteiger partial charge >= 0.3 is 0 Å². The van der Waals surface area contributed by atoms with Crippen LogP contribution in [0, 0.1) is 15.2 Å². The SMILES string of the molecule is CNC(Cc1cc(F)cc(F)c1)c1ccc(I)cc1. The Balaban J connectivity index is 2.21. The Morgan fingerprint density at radius 3 is 2.16 bits per heavy atom. The van der Waals surface area contributed by atoms with Gasteiger partial charge < -0.3 is 5.32 Å². The molecule has 0 aliphatic rings. The highest BCUT2D eigenvalue weighted by Crippen LogP contribution is 2.20. The average molecular weight is 373 g/mol. The van der Waals surface area contributed by atoms with Crippen molar-refractivity contribution in [3.8, 4) is 0 Å². The molecule has 4 heteroatoms. The number of halogens is 3. The molecule has 0 aromatic heterocycles. The van der Waals surface area contributed by atoms with Crippen LogP contribution < -0.4 is 5.32 Å². The molecule has 0 fully saturated rings. The summed E-state index contributed by atoms with van der Waals surface area (Å²) in [4.78, 5) is 0. The van der Waals surface area contributed by atoms with Crippen molar-refractivity contribution in [3.05, 3.63) is 68.8 Å². The van der Waals surface area contributed by atoms with Gasteiger partial charge in [-0.2, -0.15) is 0 Å². The van der Waals surface area contributed by atoms with E-state index in [1.807, 2.05) is 31.3 Å². The van der Waals surface area contributed by atoms with Crippen molar-refractivity contribution >= 4 is 22.6 Å². The van der Waals surface area contributed by atoms with Crippen LogP contribution in [0.4, 0.5) is 8.78 Å². The van der Waals surface area contributed by atoms with Crippen LogP contribution >= 0.6 is 22.6 Å². The van der Waals surface area contributed by atoms with Gasteiger partial charge in [-0.15, -0.1) is 0 Å². The predicted molar refractivity (Wildman–Crippen MR) is 81.0 cm³/mol. The summed E-state index contributed by atoms with van der Waals surface area (Å²) in [5.74, 6) is -1.07. The third-order valence-corrected chi connectivity index (χ3v) is 3.70. The van der Waals surface area contributed by atoms with Gasteiger partial charge in [-0.3, -0.25) is 0 Å². The van der Waals surface area contributed by atoms with Crippen molar-refractivity contribution in [1.29, 1.82) is 0 Å². The topological polar surface area (TPSA) is 12.0 Å². The molecule has 2 rings (SSSR count). The van der Waals surface area contributed by atoms with Crippen molar-refractivity contribution in [2.24, 2.45) is 0 Å². The largest absolute Gasteiger partial charge is 0.313 e. The number of benzene rings is 2. The summed E-state index contributed by atoms with van der Waals surface area (Å²) in [7, 11) is 1.85. The molecule has 0 heterocycles. The van der Waals surface area contributed by atoms with E-state index in [0.29, 0.717) is 12.0 Å². The molecule has 0 amide bonds. The first-order valence-corrected chi connectivity index (χ1v) is 7.04. The second-order valence-corrected chi connectivity index (χ2v) is 5.62. The Morgan fingerprint density at radius 2 is 1.63 bits per heavy atom. The Morgan fingerprint density at radius 1 is 1.05 bits per heavy atom. The fourth-order valence-electron chi connectivity index (χ4n) is 2.05. The number of rotatable bonds is 4. The molecule has 0 bridgehead atoms. The van der Waals surface area contributed by atoms with Gasteiger partial charge in [0.2, 0.25) is 0 Å². The predicted octanol–water partition coefficient (Wildman–Crippen LogP) is 4.07. The molecule has 0 radical (unpaired) electrons. The lowest BCUT2D eigenvalue weighted by Crippen LogP contribution is -2.19. The molecule has 1 atom stereocenters. The normalized spacial score (nSPS) is 12.4. The number of hydrogen-bond acceptors (Lipinski definition) is 1. The fraction of sp³-hybridized carbons (Fsp3) is 0.200. The Labute approximate surface area is 125 Å². The lowest BCUT2D eigenvalue weighted by atomic mass is 9.99. The summed E-state index contributed by atoms with van der Waals surface area (Å²) in [6.45, 7) is 0. The van der Waals surface area contributed by atoms with Crippen LogP contribution in [0.5, 0.6) is 0 Å². The van der Waals surface area contributed by atoms with E-state index in [4.69, 9.17) is 0 Å². The smallest absolute Gasteiger partial charge is 0.126 e. The minimum absolute atomic E-state index is 0.0400. The second kappa shape index (κ2) is 6.43. The summed E-state index contributed by atoms with van der Waals surface area (Å²) in [5.41, 5.74) is 1.75. The highest BCUT2D eigenvalue weighted by atomic mass is 127. The van der Waals surface area contributed by atoms with E-state index in [1.54, 1.807) is 0 Å². The minimum atomic E-state index is -0.535. The zero-order chi connectivity index (χ0) is 13.8. The summed E-state index contributed by atoms with van der Waals surface area (Å²) in [6, 6.07) is 11.8. The van der Waals surface area contributed by atoms with Crippen molar-refractivity contribution in [3.63, 3.8) is 0 Å². The quantitative estimate of drug-likeness (QED) is 0.797. The van der Waals surface area contributed by atoms with Gasteiger partial charge in [0.25, 0.3) is 0 Å². The van der Waals surface area contributed by atoms with E-state index in [-0.39, 0.29) is 6.04 Å². The maximum Gasteiger partial charge on any atom is 0.126 e. The first-order valence-electron chi connectivity index (χ1n) is 5.96. The summed E-state index contributed by atoms with van der Waals surface area (Å²) in [5, 5.41) is 3.18. The molecular weight excluding hydrogens is 359 g/mol. The molecule has 0 saturated carbocycles. The molecule has 0 aliphatic carbocycles.